The van der Waals surface area contributed by atoms with E-state index in [1.807, 2.05) is 144 Å². The number of benzene rings is 5. The van der Waals surface area contributed by atoms with Gasteiger partial charge in [0.15, 0.2) is 19.9 Å². The Balaban J connectivity index is 1.45. The van der Waals surface area contributed by atoms with Gasteiger partial charge in [-0.3, -0.25) is 4.67 Å². The lowest BCUT2D eigenvalue weighted by atomic mass is 10.2. The van der Waals surface area contributed by atoms with Gasteiger partial charge in [0, 0.05) is 22.1 Å². The van der Waals surface area contributed by atoms with Crippen LogP contribution >= 0.6 is 17.5 Å². The van der Waals surface area contributed by atoms with Crippen LogP contribution in [0.1, 0.15) is 0 Å². The van der Waals surface area contributed by atoms with Crippen LogP contribution in [0.5, 0.6) is 0 Å². The predicted octanol–water partition coefficient (Wildman–Crippen LogP) is 7.22. The van der Waals surface area contributed by atoms with Gasteiger partial charge in [-0.15, -0.1) is 9.24 Å². The van der Waals surface area contributed by atoms with E-state index in [4.69, 9.17) is 15.0 Å². The molecule has 1 heterocycles. The molecule has 6 nitrogen and oxygen atoms in total. The van der Waals surface area contributed by atoms with E-state index in [2.05, 4.69) is 14.6 Å². The van der Waals surface area contributed by atoms with E-state index in [0.29, 0.717) is 17.6 Å². The fraction of sp³-hybridized carbons (Fsp3) is 0. The standard InChI is InChI=1S/C33H27N5OP2/c39-41(28-22-20-27(40)21-23-28)38(26-16-8-3-9-17-26)30-19-11-10-18-29(30)34-33-36-31(24-12-4-1-5-13-24)35-32(37-33)25-14-6-2-7-15-25/h1-23,39H,40H2,(H,34,35,36,37). The average Bonchev–Trinajstić information content (AvgIpc) is 3.03. The molecule has 5 aromatic carbocycles. The molecule has 0 bridgehead atoms. The second kappa shape index (κ2) is 12.4. The van der Waals surface area contributed by atoms with Crippen LogP contribution in [-0.4, -0.2) is 19.8 Å². The monoisotopic (exact) mass is 571 g/mol. The highest BCUT2D eigenvalue weighted by molar-refractivity contribution is 7.62. The number of hydrogen-bond acceptors (Lipinski definition) is 6. The molecule has 2 N–H and O–H groups in total. The number of rotatable bonds is 8. The molecule has 0 aliphatic rings. The molecule has 0 amide bonds. The molecule has 6 aromatic rings. The van der Waals surface area contributed by atoms with Crippen molar-refractivity contribution >= 4 is 51.2 Å². The van der Waals surface area contributed by atoms with Gasteiger partial charge in [-0.25, -0.2) is 4.98 Å². The first kappa shape index (κ1) is 26.7. The molecule has 8 heteroatoms. The summed E-state index contributed by atoms with van der Waals surface area (Å²) in [5.41, 5.74) is 4.21. The van der Waals surface area contributed by atoms with Crippen molar-refractivity contribution in [3.63, 3.8) is 0 Å². The van der Waals surface area contributed by atoms with E-state index in [9.17, 15) is 4.89 Å². The lowest BCUT2D eigenvalue weighted by Crippen LogP contribution is -2.19. The van der Waals surface area contributed by atoms with Crippen LogP contribution in [0.4, 0.5) is 23.0 Å². The summed E-state index contributed by atoms with van der Waals surface area (Å²) in [6.07, 6.45) is 0. The first-order valence-electron chi connectivity index (χ1n) is 13.1. The summed E-state index contributed by atoms with van der Waals surface area (Å²) in [5, 5.41) is 5.35. The highest BCUT2D eigenvalue weighted by Crippen LogP contribution is 2.48. The van der Waals surface area contributed by atoms with Crippen LogP contribution in [0.25, 0.3) is 22.8 Å². The highest BCUT2D eigenvalue weighted by Gasteiger charge is 2.24. The lowest BCUT2D eigenvalue weighted by Gasteiger charge is -2.31. The Kier molecular flexibility index (Phi) is 8.06. The molecular weight excluding hydrogens is 544 g/mol. The van der Waals surface area contributed by atoms with Crippen LogP contribution in [0, 0.1) is 0 Å². The zero-order valence-corrected chi connectivity index (χ0v) is 24.1. The van der Waals surface area contributed by atoms with E-state index in [1.165, 1.54) is 0 Å². The molecular formula is C33H27N5OP2. The van der Waals surface area contributed by atoms with Crippen LogP contribution < -0.4 is 20.6 Å². The first-order valence-corrected chi connectivity index (χ1v) is 14.9. The summed E-state index contributed by atoms with van der Waals surface area (Å²) in [6.45, 7) is 0. The smallest absolute Gasteiger partial charge is 0.231 e. The predicted molar refractivity (Wildman–Crippen MR) is 174 cm³/mol. The Morgan fingerprint density at radius 3 is 1.68 bits per heavy atom. The Bertz CT molecular complexity index is 1680. The summed E-state index contributed by atoms with van der Waals surface area (Å²) in [4.78, 5) is 26.2. The molecule has 0 saturated carbocycles. The van der Waals surface area contributed by atoms with Crippen molar-refractivity contribution in [2.45, 2.75) is 0 Å². The summed E-state index contributed by atoms with van der Waals surface area (Å²) in [5.74, 6) is 1.55. The molecule has 2 atom stereocenters. The fourth-order valence-electron chi connectivity index (χ4n) is 4.39. The van der Waals surface area contributed by atoms with Gasteiger partial charge in [-0.1, -0.05) is 103 Å². The third-order valence-corrected chi connectivity index (χ3v) is 8.36. The summed E-state index contributed by atoms with van der Waals surface area (Å²) >= 11 is 0. The van der Waals surface area contributed by atoms with Crippen molar-refractivity contribution in [1.82, 2.24) is 15.0 Å². The van der Waals surface area contributed by atoms with Crippen molar-refractivity contribution in [2.24, 2.45) is 0 Å². The number of para-hydroxylation sites is 3. The minimum Gasteiger partial charge on any atom is -0.351 e. The molecule has 0 saturated heterocycles. The largest absolute Gasteiger partial charge is 0.351 e. The van der Waals surface area contributed by atoms with Gasteiger partial charge < -0.3 is 10.2 Å². The fourth-order valence-corrected chi connectivity index (χ4v) is 5.96. The second-order valence-corrected chi connectivity index (χ2v) is 11.4. The molecule has 41 heavy (non-hydrogen) atoms. The first-order chi connectivity index (χ1) is 20.2. The average molecular weight is 572 g/mol. The third kappa shape index (κ3) is 6.16. The van der Waals surface area contributed by atoms with Gasteiger partial charge in [0.1, 0.15) is 0 Å². The number of hydrogen-bond donors (Lipinski definition) is 2. The van der Waals surface area contributed by atoms with Crippen molar-refractivity contribution < 1.29 is 4.89 Å². The van der Waals surface area contributed by atoms with Crippen LogP contribution in [0.2, 0.25) is 0 Å². The minimum atomic E-state index is -1.75. The van der Waals surface area contributed by atoms with E-state index in [1.54, 1.807) is 0 Å². The maximum atomic E-state index is 11.8. The molecule has 6 rings (SSSR count). The maximum Gasteiger partial charge on any atom is 0.231 e. The van der Waals surface area contributed by atoms with Gasteiger partial charge in [-0.05, 0) is 41.7 Å². The maximum absolute atomic E-state index is 11.8. The minimum absolute atomic E-state index is 0.410. The highest BCUT2D eigenvalue weighted by atomic mass is 31.2. The van der Waals surface area contributed by atoms with Crippen LogP contribution in [-0.2, 0) is 0 Å². The second-order valence-electron chi connectivity index (χ2n) is 9.21. The van der Waals surface area contributed by atoms with E-state index < -0.39 is 8.30 Å². The molecule has 0 aliphatic heterocycles. The molecule has 200 valence electrons. The number of nitrogens with one attached hydrogen (secondary N) is 1. The van der Waals surface area contributed by atoms with Crippen LogP contribution in [0.15, 0.2) is 140 Å². The molecule has 0 spiro atoms. The molecule has 0 aliphatic carbocycles. The van der Waals surface area contributed by atoms with Gasteiger partial charge >= 0.3 is 0 Å². The number of anilines is 4. The molecule has 2 unspecified atom stereocenters. The van der Waals surface area contributed by atoms with Gasteiger partial charge in [0.2, 0.25) is 5.95 Å². The zero-order chi connectivity index (χ0) is 28.0. The van der Waals surface area contributed by atoms with Crippen molar-refractivity contribution in [2.75, 3.05) is 9.99 Å². The number of aromatic nitrogens is 3. The van der Waals surface area contributed by atoms with Crippen molar-refractivity contribution in [3.05, 3.63) is 140 Å². The van der Waals surface area contributed by atoms with E-state index in [0.717, 1.165) is 38.8 Å². The Labute approximate surface area is 242 Å². The van der Waals surface area contributed by atoms with Gasteiger partial charge in [-0.2, -0.15) is 9.97 Å². The Morgan fingerprint density at radius 2 is 1.10 bits per heavy atom. The normalized spacial score (nSPS) is 11.6. The summed E-state index contributed by atoms with van der Waals surface area (Å²) in [7, 11) is 0.940. The molecule has 0 radical (unpaired) electrons. The zero-order valence-electron chi connectivity index (χ0n) is 22.0. The van der Waals surface area contributed by atoms with Gasteiger partial charge in [0.05, 0.1) is 11.4 Å². The Hall–Kier alpha value is -4.47. The summed E-state index contributed by atoms with van der Waals surface area (Å²) in [6, 6.07) is 45.4. The topological polar surface area (TPSA) is 74.2 Å². The van der Waals surface area contributed by atoms with E-state index >= 15 is 0 Å². The SMILES string of the molecule is OP(c1ccc(P)cc1)N(c1ccccc1)c1ccccc1Nc1nc(-c2ccccc2)nc(-c2ccccc2)n1. The molecule has 0 fully saturated rings. The third-order valence-electron chi connectivity index (χ3n) is 6.39. The van der Waals surface area contributed by atoms with Crippen molar-refractivity contribution in [1.29, 1.82) is 0 Å². The quantitative estimate of drug-likeness (QED) is 0.188. The van der Waals surface area contributed by atoms with Crippen molar-refractivity contribution in [3.8, 4) is 22.8 Å². The van der Waals surface area contributed by atoms with Crippen LogP contribution in [0.3, 0.4) is 0 Å². The Morgan fingerprint density at radius 1 is 0.585 bits per heavy atom. The van der Waals surface area contributed by atoms with E-state index in [-0.39, 0.29) is 0 Å². The lowest BCUT2D eigenvalue weighted by molar-refractivity contribution is 0.634. The number of nitrogens with zero attached hydrogens (tertiary/aromatic N) is 4. The molecule has 1 aromatic heterocycles. The van der Waals surface area contributed by atoms with Gasteiger partial charge in [0.25, 0.3) is 0 Å². The summed E-state index contributed by atoms with van der Waals surface area (Å²) < 4.78 is 1.97.